The zero-order valence-electron chi connectivity index (χ0n) is 20.6. The number of nitrogens with zero attached hydrogens (tertiary/aromatic N) is 2. The molecule has 0 spiro atoms. The molecule has 3 aliphatic rings. The van der Waals surface area contributed by atoms with Gasteiger partial charge in [0.1, 0.15) is 0 Å². The van der Waals surface area contributed by atoms with Crippen LogP contribution in [0.2, 0.25) is 0 Å². The molecule has 1 N–H and O–H groups in total. The van der Waals surface area contributed by atoms with Crippen molar-refractivity contribution in [3.8, 4) is 11.5 Å². The lowest BCUT2D eigenvalue weighted by atomic mass is 9.85. The highest BCUT2D eigenvalue weighted by molar-refractivity contribution is 6.06. The van der Waals surface area contributed by atoms with Crippen LogP contribution in [0, 0.1) is 23.7 Å². The standard InChI is InChI=1S/C29H29N3O5/c1-3-8-21-13-18(16-30-32-28(34)25-19-11-12-20(15-19)26(25)29(32)35)14-23(36-4-2)27(21)37-17-24(33)31-22-9-6-5-7-10-22/h3,5-7,9-14,16,19-20,25-26H,1,4,8,15,17H2,2H3,(H,31,33)/t19-,20-,25-,26+/m0/s1. The Morgan fingerprint density at radius 2 is 1.81 bits per heavy atom. The highest BCUT2D eigenvalue weighted by Crippen LogP contribution is 2.52. The van der Waals surface area contributed by atoms with Gasteiger partial charge in [-0.15, -0.1) is 6.58 Å². The molecule has 0 unspecified atom stereocenters. The minimum Gasteiger partial charge on any atom is -0.490 e. The first-order chi connectivity index (χ1) is 18.0. The summed E-state index contributed by atoms with van der Waals surface area (Å²) in [5.41, 5.74) is 2.06. The maximum Gasteiger partial charge on any atom is 0.262 e. The van der Waals surface area contributed by atoms with Crippen LogP contribution in [-0.2, 0) is 20.8 Å². The van der Waals surface area contributed by atoms with E-state index in [-0.39, 0.29) is 48.0 Å². The molecule has 1 saturated heterocycles. The average Bonchev–Trinajstić information content (AvgIpc) is 3.57. The largest absolute Gasteiger partial charge is 0.490 e. The van der Waals surface area contributed by atoms with Gasteiger partial charge in [0.2, 0.25) is 0 Å². The van der Waals surface area contributed by atoms with E-state index in [1.54, 1.807) is 24.3 Å². The Bertz CT molecular complexity index is 1260. The minimum absolute atomic E-state index is 0.130. The SMILES string of the molecule is C=CCc1cc(C=NN2C(=O)[C@@H]3[C@H](C2=O)[C@H]2C=C[C@H]3C2)cc(OCC)c1OCC(=O)Nc1ccccc1. The number of fused-ring (bicyclic) bond motifs is 5. The number of nitrogens with one attached hydrogen (secondary N) is 1. The van der Waals surface area contributed by atoms with E-state index >= 15 is 0 Å². The van der Waals surface area contributed by atoms with Crippen molar-refractivity contribution >= 4 is 29.6 Å². The van der Waals surface area contributed by atoms with Crippen LogP contribution in [-0.4, -0.2) is 42.2 Å². The third-order valence-corrected chi connectivity index (χ3v) is 6.99. The normalized spacial score (nSPS) is 23.5. The van der Waals surface area contributed by atoms with Crippen LogP contribution in [0.4, 0.5) is 5.69 Å². The fourth-order valence-corrected chi connectivity index (χ4v) is 5.47. The van der Waals surface area contributed by atoms with Crippen molar-refractivity contribution in [2.45, 2.75) is 19.8 Å². The number of hydrogen-bond donors (Lipinski definition) is 1. The summed E-state index contributed by atoms with van der Waals surface area (Å²) < 4.78 is 11.7. The van der Waals surface area contributed by atoms with Crippen LogP contribution in [0.15, 0.2) is 72.4 Å². The van der Waals surface area contributed by atoms with Gasteiger partial charge in [0, 0.05) is 11.3 Å². The molecule has 4 atom stereocenters. The van der Waals surface area contributed by atoms with E-state index in [0.29, 0.717) is 35.8 Å². The minimum atomic E-state index is -0.302. The molecule has 3 amide bonds. The molecule has 2 aromatic carbocycles. The summed E-state index contributed by atoms with van der Waals surface area (Å²) in [6.45, 7) is 5.84. The summed E-state index contributed by atoms with van der Waals surface area (Å²) in [5, 5.41) is 8.10. The molecule has 37 heavy (non-hydrogen) atoms. The van der Waals surface area contributed by atoms with Crippen molar-refractivity contribution in [3.05, 3.63) is 78.4 Å². The lowest BCUT2D eigenvalue weighted by Crippen LogP contribution is -2.28. The molecular weight excluding hydrogens is 470 g/mol. The van der Waals surface area contributed by atoms with E-state index in [9.17, 15) is 14.4 Å². The average molecular weight is 500 g/mol. The molecule has 1 aliphatic heterocycles. The summed E-state index contributed by atoms with van der Waals surface area (Å²) >= 11 is 0. The van der Waals surface area contributed by atoms with Crippen LogP contribution < -0.4 is 14.8 Å². The Kier molecular flexibility index (Phi) is 6.90. The van der Waals surface area contributed by atoms with Crippen LogP contribution >= 0.6 is 0 Å². The number of carbonyl (C=O) groups excluding carboxylic acids is 3. The van der Waals surface area contributed by atoms with Crippen molar-refractivity contribution in [2.75, 3.05) is 18.5 Å². The van der Waals surface area contributed by atoms with E-state index < -0.39 is 0 Å². The van der Waals surface area contributed by atoms with Gasteiger partial charge in [-0.1, -0.05) is 36.4 Å². The Hall–Kier alpha value is -4.20. The number of anilines is 1. The van der Waals surface area contributed by atoms with Gasteiger partial charge < -0.3 is 14.8 Å². The molecule has 190 valence electrons. The van der Waals surface area contributed by atoms with Gasteiger partial charge >= 0.3 is 0 Å². The van der Waals surface area contributed by atoms with Gasteiger partial charge in [-0.05, 0) is 61.4 Å². The van der Waals surface area contributed by atoms with Crippen LogP contribution in [0.25, 0.3) is 0 Å². The van der Waals surface area contributed by atoms with Crippen LogP contribution in [0.1, 0.15) is 24.5 Å². The lowest BCUT2D eigenvalue weighted by molar-refractivity contribution is -0.140. The van der Waals surface area contributed by atoms with E-state index in [1.165, 1.54) is 6.21 Å². The fourth-order valence-electron chi connectivity index (χ4n) is 5.47. The van der Waals surface area contributed by atoms with Crippen molar-refractivity contribution in [1.82, 2.24) is 5.01 Å². The number of amides is 3. The Labute approximate surface area is 215 Å². The summed E-state index contributed by atoms with van der Waals surface area (Å²) in [4.78, 5) is 38.3. The third kappa shape index (κ3) is 4.79. The molecule has 2 bridgehead atoms. The number of benzene rings is 2. The van der Waals surface area contributed by atoms with E-state index in [1.807, 2.05) is 31.2 Å². The van der Waals surface area contributed by atoms with Gasteiger partial charge in [-0.3, -0.25) is 14.4 Å². The smallest absolute Gasteiger partial charge is 0.262 e. The molecular formula is C29H29N3O5. The summed E-state index contributed by atoms with van der Waals surface area (Å²) in [5.74, 6) is -0.226. The first-order valence-electron chi connectivity index (χ1n) is 12.5. The third-order valence-electron chi connectivity index (χ3n) is 6.99. The highest BCUT2D eigenvalue weighted by Gasteiger charge is 2.59. The van der Waals surface area contributed by atoms with E-state index in [4.69, 9.17) is 9.47 Å². The lowest BCUT2D eigenvalue weighted by Gasteiger charge is -2.17. The molecule has 0 aromatic heterocycles. The zero-order chi connectivity index (χ0) is 25.9. The van der Waals surface area contributed by atoms with Crippen molar-refractivity contribution in [1.29, 1.82) is 0 Å². The Morgan fingerprint density at radius 1 is 1.11 bits per heavy atom. The molecule has 5 rings (SSSR count). The summed E-state index contributed by atoms with van der Waals surface area (Å²) in [6.07, 6.45) is 8.65. The van der Waals surface area contributed by atoms with Gasteiger partial charge in [-0.25, -0.2) is 0 Å². The van der Waals surface area contributed by atoms with Crippen molar-refractivity contribution in [3.63, 3.8) is 0 Å². The van der Waals surface area contributed by atoms with Gasteiger partial charge in [0.05, 0.1) is 24.7 Å². The second-order valence-corrected chi connectivity index (χ2v) is 9.37. The second-order valence-electron chi connectivity index (χ2n) is 9.37. The number of rotatable bonds is 10. The number of para-hydroxylation sites is 1. The number of ether oxygens (including phenoxy) is 2. The number of hydrazone groups is 1. The number of allylic oxidation sites excluding steroid dienone is 3. The molecule has 2 aliphatic carbocycles. The highest BCUT2D eigenvalue weighted by atomic mass is 16.5. The maximum absolute atomic E-state index is 12.9. The molecule has 1 saturated carbocycles. The molecule has 8 heteroatoms. The van der Waals surface area contributed by atoms with Crippen molar-refractivity contribution in [2.24, 2.45) is 28.8 Å². The summed E-state index contributed by atoms with van der Waals surface area (Å²) in [7, 11) is 0. The monoisotopic (exact) mass is 499 g/mol. The van der Waals surface area contributed by atoms with Crippen LogP contribution in [0.5, 0.6) is 11.5 Å². The van der Waals surface area contributed by atoms with Gasteiger partial charge in [-0.2, -0.15) is 10.1 Å². The molecule has 2 aromatic rings. The second kappa shape index (κ2) is 10.4. The van der Waals surface area contributed by atoms with Crippen LogP contribution in [0.3, 0.4) is 0 Å². The van der Waals surface area contributed by atoms with Crippen molar-refractivity contribution < 1.29 is 23.9 Å². The first kappa shape index (κ1) is 24.5. The number of carbonyl (C=O) groups is 3. The van der Waals surface area contributed by atoms with Gasteiger partial charge in [0.25, 0.3) is 17.7 Å². The first-order valence-corrected chi connectivity index (χ1v) is 12.5. The number of hydrogen-bond acceptors (Lipinski definition) is 6. The fraction of sp³-hybridized carbons (Fsp3) is 0.310. The zero-order valence-corrected chi connectivity index (χ0v) is 20.6. The summed E-state index contributed by atoms with van der Waals surface area (Å²) in [6, 6.07) is 12.7. The molecule has 0 radical (unpaired) electrons. The molecule has 1 heterocycles. The Morgan fingerprint density at radius 3 is 2.46 bits per heavy atom. The molecule has 8 nitrogen and oxygen atoms in total. The quantitative estimate of drug-likeness (QED) is 0.303. The number of imide groups is 1. The van der Waals surface area contributed by atoms with E-state index in [0.717, 1.165) is 17.0 Å². The van der Waals surface area contributed by atoms with E-state index in [2.05, 4.69) is 29.1 Å². The predicted octanol–water partition coefficient (Wildman–Crippen LogP) is 3.97. The van der Waals surface area contributed by atoms with Gasteiger partial charge in [0.15, 0.2) is 18.1 Å². The topological polar surface area (TPSA) is 97.3 Å². The Balaban J connectivity index is 1.34. The predicted molar refractivity (Wildman–Crippen MR) is 139 cm³/mol. The maximum atomic E-state index is 12.9. The molecule has 2 fully saturated rings.